The van der Waals surface area contributed by atoms with Crippen molar-refractivity contribution in [2.45, 2.75) is 89.4 Å². The highest BCUT2D eigenvalue weighted by Gasteiger charge is 2.20. The molecule has 0 radical (unpaired) electrons. The van der Waals surface area contributed by atoms with Gasteiger partial charge in [-0.1, -0.05) is 35.5 Å². The fourth-order valence-electron chi connectivity index (χ4n) is 8.18. The van der Waals surface area contributed by atoms with Gasteiger partial charge < -0.3 is 34.7 Å². The summed E-state index contributed by atoms with van der Waals surface area (Å²) in [5.74, 6) is 13.6. The predicted molar refractivity (Wildman–Crippen MR) is 374 cm³/mol. The van der Waals surface area contributed by atoms with Crippen molar-refractivity contribution in [1.29, 1.82) is 0 Å². The Balaban J connectivity index is 1.95. The Kier molecular flexibility index (Phi) is 49.2. The summed E-state index contributed by atoms with van der Waals surface area (Å²) in [5.41, 5.74) is 35.7. The lowest BCUT2D eigenvalue weighted by Crippen LogP contribution is -2.79. The molecule has 2 bridgehead atoms. The minimum Gasteiger partial charge on any atom is -0.396 e. The van der Waals surface area contributed by atoms with E-state index in [1.54, 1.807) is 35.8 Å². The van der Waals surface area contributed by atoms with Crippen molar-refractivity contribution < 1.29 is 49.2 Å². The Labute approximate surface area is 547 Å². The minimum atomic E-state index is -0.940. The van der Waals surface area contributed by atoms with Crippen LogP contribution in [0.15, 0.2) is 42.1 Å². The Morgan fingerprint density at radius 2 is 0.837 bits per heavy atom. The third-order valence-electron chi connectivity index (χ3n) is 12.8. The Hall–Kier alpha value is -3.16. The van der Waals surface area contributed by atoms with Gasteiger partial charge in [-0.3, -0.25) is 68.6 Å². The van der Waals surface area contributed by atoms with Crippen LogP contribution < -0.4 is 49.4 Å². The smallest absolute Gasteiger partial charge is 0.338 e. The molecule has 21 nitrogen and oxygen atoms in total. The number of nitrogens with zero attached hydrogens (tertiary/aromatic N) is 5. The summed E-state index contributed by atoms with van der Waals surface area (Å²) in [7, 11) is 0. The van der Waals surface area contributed by atoms with E-state index in [-0.39, 0.29) is 41.5 Å². The van der Waals surface area contributed by atoms with Gasteiger partial charge in [0.1, 0.15) is 6.61 Å². The molecule has 2 heterocycles. The topological polar surface area (TPSA) is 341 Å². The van der Waals surface area contributed by atoms with Crippen molar-refractivity contribution in [3.05, 3.63) is 48.0 Å². The van der Waals surface area contributed by atoms with Crippen LogP contribution in [0.4, 0.5) is 0 Å². The zero-order valence-electron chi connectivity index (χ0n) is 50.8. The van der Waals surface area contributed by atoms with Gasteiger partial charge in [-0.05, 0) is 114 Å². The van der Waals surface area contributed by atoms with Gasteiger partial charge in [-0.2, -0.15) is 94.1 Å². The number of guanidine groups is 3. The second kappa shape index (κ2) is 53.7. The quantitative estimate of drug-likeness (QED) is 0.0719. The third kappa shape index (κ3) is 43.5. The van der Waals surface area contributed by atoms with Crippen molar-refractivity contribution >= 4 is 142 Å². The number of nitrogens with one attached hydrogen (secondary N) is 3. The summed E-state index contributed by atoms with van der Waals surface area (Å²) >= 11 is 14.0. The van der Waals surface area contributed by atoms with Gasteiger partial charge in [-0.15, -0.1) is 6.58 Å². The lowest BCUT2D eigenvalue weighted by atomic mass is 10.1. The van der Waals surface area contributed by atoms with Crippen LogP contribution in [0, 0.1) is 0 Å². The number of benzene rings is 1. The molecular weight excluding hydrogens is 1250 g/mol. The van der Waals surface area contributed by atoms with Crippen molar-refractivity contribution in [3.8, 4) is 0 Å². The fraction of sp³-hybridized carbons (Fsp3) is 0.719. The number of carbonyl (C=O) groups is 4. The average molecular weight is 1360 g/mol. The van der Waals surface area contributed by atoms with E-state index in [1.807, 2.05) is 90.9 Å². The van der Waals surface area contributed by atoms with E-state index in [0.29, 0.717) is 127 Å². The lowest BCUT2D eigenvalue weighted by Gasteiger charge is -2.22. The van der Waals surface area contributed by atoms with E-state index in [4.69, 9.17) is 39.2 Å². The number of aliphatic hydroxyl groups is 2. The van der Waals surface area contributed by atoms with E-state index >= 15 is 0 Å². The molecular formula is C57H105N14O7S8+3. The van der Waals surface area contributed by atoms with E-state index in [2.05, 4.69) is 26.7 Å². The summed E-state index contributed by atoms with van der Waals surface area (Å²) in [6.45, 7) is 10.1. The molecule has 1 aromatic rings. The summed E-state index contributed by atoms with van der Waals surface area (Å²) < 4.78 is 0. The molecule has 29 heteroatoms. The molecule has 0 fully saturated rings. The fourth-order valence-corrected chi connectivity index (χ4v) is 15.9. The average Bonchev–Trinajstić information content (AvgIpc) is 3.61. The molecule has 2 unspecified atom stereocenters. The zero-order chi connectivity index (χ0) is 62.7. The number of oxime groups is 1. The molecule has 2 aliphatic heterocycles. The number of nitrogens with two attached hydrogens (primary N) is 6. The van der Waals surface area contributed by atoms with Gasteiger partial charge in [0.15, 0.2) is 0 Å². The first-order valence-electron chi connectivity index (χ1n) is 30.0. The second-order valence-corrected chi connectivity index (χ2v) is 29.7. The molecule has 2 atom stereocenters. The molecule has 0 aliphatic carbocycles. The number of aliphatic hydroxyl groups excluding tert-OH is 2. The van der Waals surface area contributed by atoms with Crippen LogP contribution in [0.25, 0.3) is 0 Å². The predicted octanol–water partition coefficient (Wildman–Crippen LogP) is -1.01. The number of thioether (sulfide) groups is 8. The van der Waals surface area contributed by atoms with Crippen LogP contribution in [0.3, 0.4) is 0 Å². The molecule has 1 aromatic carbocycles. The molecule has 490 valence electrons. The van der Waals surface area contributed by atoms with Gasteiger partial charge in [0.05, 0.1) is 57.7 Å². The van der Waals surface area contributed by atoms with Crippen molar-refractivity contribution in [1.82, 2.24) is 19.6 Å². The lowest BCUT2D eigenvalue weighted by molar-refractivity contribution is -0.459. The summed E-state index contributed by atoms with van der Waals surface area (Å²) in [4.78, 5) is 74.9. The first-order valence-corrected chi connectivity index (χ1v) is 39.2. The first-order chi connectivity index (χ1) is 41.7. The molecule has 0 saturated heterocycles. The van der Waals surface area contributed by atoms with Gasteiger partial charge in [0.2, 0.25) is 23.6 Å². The van der Waals surface area contributed by atoms with Crippen LogP contribution in [-0.2, 0) is 30.6 Å². The first kappa shape index (κ1) is 78.9. The largest absolute Gasteiger partial charge is 0.396 e. The molecule has 86 heavy (non-hydrogen) atoms. The number of fused-ring (bicyclic) bond motifs is 53. The number of rotatable bonds is 11. The van der Waals surface area contributed by atoms with Gasteiger partial charge >= 0.3 is 17.9 Å². The SMILES string of the molecule is C=CCN1Cc2ccc(cc2)/C=N\OCCCSCCCSCCC(=O)N(CC[NH+]=C(N)N)CCCSCCCSCCC(=O)N(CC[NH+]=C(N)N)CCCSCC(O)C(O)CSCCC(=O)N(CC[NH+]=C(N)N)CCCSCCCSCCC1=O. The second-order valence-electron chi connectivity index (χ2n) is 20.1. The van der Waals surface area contributed by atoms with Crippen LogP contribution in [-0.4, -0.2) is 254 Å². The summed E-state index contributed by atoms with van der Waals surface area (Å²) in [5, 5.41) is 25.7. The molecule has 2 aliphatic rings. The van der Waals surface area contributed by atoms with E-state index < -0.39 is 12.2 Å². The number of hydrogen-bond donors (Lipinski definition) is 11. The summed E-state index contributed by atoms with van der Waals surface area (Å²) in [6, 6.07) is 8.00. The Morgan fingerprint density at radius 3 is 1.23 bits per heavy atom. The van der Waals surface area contributed by atoms with E-state index in [0.717, 1.165) is 125 Å². The van der Waals surface area contributed by atoms with Crippen molar-refractivity contribution in [2.75, 3.05) is 164 Å². The highest BCUT2D eigenvalue weighted by molar-refractivity contribution is 8.01. The molecule has 3 rings (SSSR count). The molecule has 0 spiro atoms. The van der Waals surface area contributed by atoms with Crippen LogP contribution in [0.1, 0.15) is 81.8 Å². The Bertz CT molecular complexity index is 2100. The highest BCUT2D eigenvalue weighted by Crippen LogP contribution is 2.18. The van der Waals surface area contributed by atoms with Gasteiger partial charge in [0, 0.05) is 92.9 Å². The minimum absolute atomic E-state index is 0.0149. The van der Waals surface area contributed by atoms with Crippen LogP contribution in [0.2, 0.25) is 0 Å². The number of amides is 4. The standard InChI is InChI=1S/C57H102N14O7S8/c1-2-21-71-44-48-12-10-47(11-13-48)43-67-78-28-6-32-81-35-9-38-83-39-14-51(74)68(25-18-64-55(58)59)22-3-29-79-33-7-36-82-40-15-52(75)70(27-20-66-57(62)63)24-5-31-85-45-49(72)50(73)46-86-42-17-53(76)69(26-19-65-56(60)61)23-4-30-80-34-8-37-84-41-16-54(71)77/h2,10-13,43,49-50,72-73H,1,3-9,14-42,44-46H2,(H4,58,59,64)(H4,60,61,65)(H4,62,63,66)/p+3/b67-43-. The van der Waals surface area contributed by atoms with Gasteiger partial charge in [-0.25, -0.2) is 0 Å². The van der Waals surface area contributed by atoms with E-state index in [1.165, 1.54) is 23.5 Å². The maximum Gasteiger partial charge on any atom is 0.338 e. The highest BCUT2D eigenvalue weighted by atomic mass is 32.2. The summed E-state index contributed by atoms with van der Waals surface area (Å²) in [6.07, 6.45) is 9.77. The number of hydrogen-bond acceptors (Lipinski definition) is 16. The maximum atomic E-state index is 13.3. The van der Waals surface area contributed by atoms with Crippen molar-refractivity contribution in [3.63, 3.8) is 0 Å². The third-order valence-corrected chi connectivity index (χ3v) is 21.7. The van der Waals surface area contributed by atoms with Crippen molar-refractivity contribution in [2.24, 2.45) is 39.6 Å². The van der Waals surface area contributed by atoms with Crippen LogP contribution in [0.5, 0.6) is 0 Å². The molecule has 0 saturated carbocycles. The van der Waals surface area contributed by atoms with Crippen LogP contribution >= 0.6 is 94.1 Å². The molecule has 17 N–H and O–H groups in total. The Morgan fingerprint density at radius 1 is 0.500 bits per heavy atom. The maximum absolute atomic E-state index is 13.3. The normalized spacial score (nSPS) is 21.0. The number of carbonyl (C=O) groups excluding carboxylic acids is 4. The van der Waals surface area contributed by atoms with E-state index in [9.17, 15) is 29.4 Å². The molecule has 4 amide bonds. The van der Waals surface area contributed by atoms with Gasteiger partial charge in [0.25, 0.3) is 0 Å². The zero-order valence-corrected chi connectivity index (χ0v) is 57.3. The monoisotopic (exact) mass is 1350 g/mol. The molecule has 0 aromatic heterocycles.